The summed E-state index contributed by atoms with van der Waals surface area (Å²) in [6.07, 6.45) is 3.82. The lowest BCUT2D eigenvalue weighted by atomic mass is 10.3. The van der Waals surface area contributed by atoms with Crippen molar-refractivity contribution in [2.45, 2.75) is 19.9 Å². The van der Waals surface area contributed by atoms with Crippen LogP contribution in [0.1, 0.15) is 24.2 Å². The molecule has 11 heavy (non-hydrogen) atoms. The molecule has 0 aliphatic carbocycles. The third-order valence-electron chi connectivity index (χ3n) is 1.15. The second-order valence-corrected chi connectivity index (χ2v) is 2.58. The third kappa shape index (κ3) is 2.11. The van der Waals surface area contributed by atoms with Crippen molar-refractivity contribution in [1.82, 2.24) is 5.32 Å². The molecule has 1 aromatic heterocycles. The molecule has 0 fully saturated rings. The van der Waals surface area contributed by atoms with Crippen molar-refractivity contribution in [1.29, 1.82) is 0 Å². The summed E-state index contributed by atoms with van der Waals surface area (Å²) in [5.74, 6) is -0.120. The molecule has 0 atom stereocenters. The van der Waals surface area contributed by atoms with Crippen LogP contribution < -0.4 is 5.32 Å². The minimum Gasteiger partial charge on any atom is -0.460 e. The molecular weight excluding hydrogens is 142 g/mol. The second kappa shape index (κ2) is 3.23. The summed E-state index contributed by atoms with van der Waals surface area (Å²) in [6, 6.07) is 1.66. The highest BCUT2D eigenvalue weighted by molar-refractivity contribution is 5.93. The molecule has 0 saturated carbocycles. The van der Waals surface area contributed by atoms with E-state index in [2.05, 4.69) is 16.0 Å². The van der Waals surface area contributed by atoms with E-state index in [1.54, 1.807) is 0 Å². The van der Waals surface area contributed by atoms with Crippen molar-refractivity contribution in [3.8, 4) is 0 Å². The van der Waals surface area contributed by atoms with Crippen LogP contribution in [0.5, 0.6) is 0 Å². The number of hydrogen-bond acceptors (Lipinski definition) is 2. The highest BCUT2D eigenvalue weighted by Gasteiger charge is 2.06. The van der Waals surface area contributed by atoms with Crippen LogP contribution in [0.25, 0.3) is 0 Å². The molecule has 0 saturated heterocycles. The van der Waals surface area contributed by atoms with Crippen LogP contribution in [0.2, 0.25) is 0 Å². The molecule has 59 valence electrons. The fraction of sp³-hybridized carbons (Fsp3) is 0.375. The normalized spacial score (nSPS) is 10.1. The largest absolute Gasteiger partial charge is 0.460 e. The molecule has 0 bridgehead atoms. The van der Waals surface area contributed by atoms with Crippen LogP contribution in [0.3, 0.4) is 0 Å². The van der Waals surface area contributed by atoms with Gasteiger partial charge in [-0.05, 0) is 13.8 Å². The highest BCUT2D eigenvalue weighted by atomic mass is 16.3. The lowest BCUT2D eigenvalue weighted by Gasteiger charge is -2.05. The van der Waals surface area contributed by atoms with Gasteiger partial charge in [0.2, 0.25) is 0 Å². The summed E-state index contributed by atoms with van der Waals surface area (Å²) in [7, 11) is 0. The Morgan fingerprint density at radius 3 is 2.91 bits per heavy atom. The average Bonchev–Trinajstić information content (AvgIpc) is 2.35. The number of rotatable bonds is 2. The van der Waals surface area contributed by atoms with Crippen molar-refractivity contribution in [2.24, 2.45) is 0 Å². The maximum Gasteiger partial charge on any atom is 0.254 e. The Hall–Kier alpha value is -1.25. The molecule has 1 radical (unpaired) electrons. The standard InChI is InChI=1S/C8H10NO2/c1-6(2)9-8(10)7-3-4-11-5-7/h3,5-6H,1-2H3,(H,9,10). The van der Waals surface area contributed by atoms with Crippen LogP contribution >= 0.6 is 0 Å². The van der Waals surface area contributed by atoms with Gasteiger partial charge in [0.15, 0.2) is 6.26 Å². The summed E-state index contributed by atoms with van der Waals surface area (Å²) in [5.41, 5.74) is 0.513. The molecule has 3 nitrogen and oxygen atoms in total. The van der Waals surface area contributed by atoms with E-state index in [4.69, 9.17) is 0 Å². The maximum absolute atomic E-state index is 11.1. The Balaban J connectivity index is 2.57. The first kappa shape index (κ1) is 7.85. The maximum atomic E-state index is 11.1. The first-order valence-electron chi connectivity index (χ1n) is 3.45. The van der Waals surface area contributed by atoms with E-state index in [1.165, 1.54) is 12.3 Å². The quantitative estimate of drug-likeness (QED) is 0.692. The van der Waals surface area contributed by atoms with Crippen LogP contribution in [0.15, 0.2) is 16.7 Å². The van der Waals surface area contributed by atoms with E-state index in [1.807, 2.05) is 13.8 Å². The number of furan rings is 1. The van der Waals surface area contributed by atoms with Gasteiger partial charge < -0.3 is 9.73 Å². The molecular formula is C8H10NO2. The fourth-order valence-corrected chi connectivity index (χ4v) is 0.694. The molecule has 1 amide bonds. The minimum atomic E-state index is -0.120. The Kier molecular flexibility index (Phi) is 2.31. The van der Waals surface area contributed by atoms with Crippen molar-refractivity contribution < 1.29 is 9.21 Å². The zero-order valence-electron chi connectivity index (χ0n) is 6.55. The predicted molar refractivity (Wildman–Crippen MR) is 40.1 cm³/mol. The fourth-order valence-electron chi connectivity index (χ4n) is 0.694. The minimum absolute atomic E-state index is 0.120. The SMILES string of the molecule is CC(C)NC(=O)c1c[c]oc1. The highest BCUT2D eigenvalue weighted by Crippen LogP contribution is 1.98. The van der Waals surface area contributed by atoms with Gasteiger partial charge in [-0.3, -0.25) is 4.79 Å². The number of hydrogen-bond donors (Lipinski definition) is 1. The Labute approximate surface area is 65.4 Å². The molecule has 1 heterocycles. The number of amides is 1. The molecule has 1 aromatic rings. The van der Waals surface area contributed by atoms with E-state index in [0.29, 0.717) is 5.56 Å². The lowest BCUT2D eigenvalue weighted by Crippen LogP contribution is -2.29. The third-order valence-corrected chi connectivity index (χ3v) is 1.15. The number of carbonyl (C=O) groups is 1. The van der Waals surface area contributed by atoms with E-state index in [0.717, 1.165) is 0 Å². The van der Waals surface area contributed by atoms with Crippen LogP contribution in [0, 0.1) is 6.26 Å². The van der Waals surface area contributed by atoms with Crippen molar-refractivity contribution in [3.63, 3.8) is 0 Å². The Bertz CT molecular complexity index is 226. The van der Waals surface area contributed by atoms with Crippen LogP contribution in [-0.2, 0) is 0 Å². The van der Waals surface area contributed by atoms with E-state index in [9.17, 15) is 4.79 Å². The van der Waals surface area contributed by atoms with Crippen LogP contribution in [0.4, 0.5) is 0 Å². The Morgan fingerprint density at radius 1 is 1.73 bits per heavy atom. The zero-order chi connectivity index (χ0) is 8.27. The summed E-state index contributed by atoms with van der Waals surface area (Å²) in [5, 5.41) is 2.73. The second-order valence-electron chi connectivity index (χ2n) is 2.58. The zero-order valence-corrected chi connectivity index (χ0v) is 6.55. The van der Waals surface area contributed by atoms with Gasteiger partial charge in [-0.25, -0.2) is 0 Å². The van der Waals surface area contributed by atoms with Gasteiger partial charge in [0, 0.05) is 12.1 Å². The summed E-state index contributed by atoms with van der Waals surface area (Å²) < 4.78 is 4.63. The smallest absolute Gasteiger partial charge is 0.254 e. The average molecular weight is 152 g/mol. The van der Waals surface area contributed by atoms with E-state index < -0.39 is 0 Å². The first-order valence-corrected chi connectivity index (χ1v) is 3.45. The molecule has 1 N–H and O–H groups in total. The summed E-state index contributed by atoms with van der Waals surface area (Å²) in [6.45, 7) is 3.81. The predicted octanol–water partition coefficient (Wildman–Crippen LogP) is 1.22. The monoisotopic (exact) mass is 152 g/mol. The summed E-state index contributed by atoms with van der Waals surface area (Å²) >= 11 is 0. The molecule has 0 aliphatic rings. The van der Waals surface area contributed by atoms with Crippen molar-refractivity contribution >= 4 is 5.91 Å². The van der Waals surface area contributed by atoms with Gasteiger partial charge in [-0.1, -0.05) is 0 Å². The number of nitrogens with one attached hydrogen (secondary N) is 1. The molecule has 0 spiro atoms. The van der Waals surface area contributed by atoms with Gasteiger partial charge in [-0.2, -0.15) is 0 Å². The molecule has 3 heteroatoms. The van der Waals surface area contributed by atoms with Crippen molar-refractivity contribution in [2.75, 3.05) is 0 Å². The van der Waals surface area contributed by atoms with Gasteiger partial charge in [0.1, 0.15) is 6.26 Å². The van der Waals surface area contributed by atoms with E-state index in [-0.39, 0.29) is 11.9 Å². The van der Waals surface area contributed by atoms with Gasteiger partial charge >= 0.3 is 0 Å². The van der Waals surface area contributed by atoms with Gasteiger partial charge in [0.05, 0.1) is 5.56 Å². The molecule has 0 aromatic carbocycles. The molecule has 0 unspecified atom stereocenters. The first-order chi connectivity index (χ1) is 5.20. The molecule has 1 rings (SSSR count). The number of carbonyl (C=O) groups excluding carboxylic acids is 1. The van der Waals surface area contributed by atoms with E-state index >= 15 is 0 Å². The van der Waals surface area contributed by atoms with Crippen molar-refractivity contribution in [3.05, 3.63) is 24.2 Å². The lowest BCUT2D eigenvalue weighted by molar-refractivity contribution is 0.0942. The Morgan fingerprint density at radius 2 is 2.45 bits per heavy atom. The van der Waals surface area contributed by atoms with Gasteiger partial charge in [0.25, 0.3) is 5.91 Å². The topological polar surface area (TPSA) is 42.2 Å². The van der Waals surface area contributed by atoms with Gasteiger partial charge in [-0.15, -0.1) is 0 Å². The molecule has 0 aliphatic heterocycles. The summed E-state index contributed by atoms with van der Waals surface area (Å²) in [4.78, 5) is 11.1. The van der Waals surface area contributed by atoms with Crippen LogP contribution in [-0.4, -0.2) is 11.9 Å².